The van der Waals surface area contributed by atoms with E-state index in [9.17, 15) is 0 Å². The molecule has 5 nitrogen and oxygen atoms in total. The first kappa shape index (κ1) is 11.0. The second-order valence-electron chi connectivity index (χ2n) is 3.98. The van der Waals surface area contributed by atoms with Crippen molar-refractivity contribution in [3.63, 3.8) is 0 Å². The van der Waals surface area contributed by atoms with Crippen LogP contribution in [0.1, 0.15) is 17.3 Å². The SMILES string of the molecule is NC(c1cnccn1)c1cccc2c1OCCO2. The van der Waals surface area contributed by atoms with Gasteiger partial charge in [0.05, 0.1) is 17.9 Å². The third kappa shape index (κ3) is 1.89. The van der Waals surface area contributed by atoms with E-state index >= 15 is 0 Å². The predicted octanol–water partition coefficient (Wildman–Crippen LogP) is 1.30. The van der Waals surface area contributed by atoms with E-state index in [0.29, 0.717) is 24.7 Å². The first-order valence-electron chi connectivity index (χ1n) is 5.76. The zero-order valence-corrected chi connectivity index (χ0v) is 9.74. The Morgan fingerprint density at radius 1 is 1.17 bits per heavy atom. The van der Waals surface area contributed by atoms with Gasteiger partial charge >= 0.3 is 0 Å². The van der Waals surface area contributed by atoms with Crippen LogP contribution in [0.4, 0.5) is 0 Å². The monoisotopic (exact) mass is 243 g/mol. The van der Waals surface area contributed by atoms with Gasteiger partial charge in [-0.1, -0.05) is 12.1 Å². The van der Waals surface area contributed by atoms with Gasteiger partial charge in [-0.05, 0) is 6.07 Å². The second-order valence-corrected chi connectivity index (χ2v) is 3.98. The molecule has 2 heterocycles. The molecule has 0 fully saturated rings. The Bertz CT molecular complexity index is 545. The Kier molecular flexibility index (Phi) is 2.82. The number of aromatic nitrogens is 2. The van der Waals surface area contributed by atoms with Crippen LogP contribution in [0, 0.1) is 0 Å². The fraction of sp³-hybridized carbons (Fsp3) is 0.231. The largest absolute Gasteiger partial charge is 0.486 e. The highest BCUT2D eigenvalue weighted by atomic mass is 16.6. The molecule has 0 saturated carbocycles. The lowest BCUT2D eigenvalue weighted by Crippen LogP contribution is -2.20. The van der Waals surface area contributed by atoms with Gasteiger partial charge in [0.15, 0.2) is 11.5 Å². The second kappa shape index (κ2) is 4.62. The fourth-order valence-corrected chi connectivity index (χ4v) is 1.97. The summed E-state index contributed by atoms with van der Waals surface area (Å²) >= 11 is 0. The lowest BCUT2D eigenvalue weighted by molar-refractivity contribution is 0.169. The van der Waals surface area contributed by atoms with Crippen LogP contribution in [0.25, 0.3) is 0 Å². The topological polar surface area (TPSA) is 70.3 Å². The molecular formula is C13H13N3O2. The maximum atomic E-state index is 6.20. The smallest absolute Gasteiger partial charge is 0.166 e. The molecule has 0 spiro atoms. The van der Waals surface area contributed by atoms with Crippen LogP contribution < -0.4 is 15.2 Å². The molecule has 92 valence electrons. The molecule has 0 bridgehead atoms. The summed E-state index contributed by atoms with van der Waals surface area (Å²) in [4.78, 5) is 8.25. The number of rotatable bonds is 2. The molecular weight excluding hydrogens is 230 g/mol. The molecule has 2 N–H and O–H groups in total. The molecule has 1 unspecified atom stereocenters. The number of benzene rings is 1. The van der Waals surface area contributed by atoms with E-state index in [-0.39, 0.29) is 6.04 Å². The molecule has 1 aliphatic rings. The lowest BCUT2D eigenvalue weighted by Gasteiger charge is -2.23. The van der Waals surface area contributed by atoms with Gasteiger partial charge in [-0.2, -0.15) is 0 Å². The minimum absolute atomic E-state index is 0.365. The molecule has 1 aromatic carbocycles. The number of hydrogen-bond donors (Lipinski definition) is 1. The highest BCUT2D eigenvalue weighted by Crippen LogP contribution is 2.37. The first-order valence-corrected chi connectivity index (χ1v) is 5.76. The summed E-state index contributed by atoms with van der Waals surface area (Å²) in [5.74, 6) is 1.44. The van der Waals surface area contributed by atoms with Crippen LogP contribution in [-0.2, 0) is 0 Å². The minimum Gasteiger partial charge on any atom is -0.486 e. The average molecular weight is 243 g/mol. The molecule has 2 aromatic rings. The van der Waals surface area contributed by atoms with Crippen LogP contribution in [0.15, 0.2) is 36.8 Å². The molecule has 0 aliphatic carbocycles. The van der Waals surface area contributed by atoms with Crippen molar-refractivity contribution in [2.75, 3.05) is 13.2 Å². The van der Waals surface area contributed by atoms with Crippen LogP contribution in [0.5, 0.6) is 11.5 Å². The highest BCUT2D eigenvalue weighted by Gasteiger charge is 2.21. The summed E-state index contributed by atoms with van der Waals surface area (Å²) in [6.45, 7) is 1.11. The summed E-state index contributed by atoms with van der Waals surface area (Å²) in [6, 6.07) is 5.34. The van der Waals surface area contributed by atoms with Gasteiger partial charge in [-0.15, -0.1) is 0 Å². The van der Waals surface area contributed by atoms with Crippen LogP contribution in [-0.4, -0.2) is 23.2 Å². The zero-order chi connectivity index (χ0) is 12.4. The first-order chi connectivity index (χ1) is 8.86. The van der Waals surface area contributed by atoms with Crippen molar-refractivity contribution in [1.82, 2.24) is 9.97 Å². The number of hydrogen-bond acceptors (Lipinski definition) is 5. The maximum Gasteiger partial charge on any atom is 0.166 e. The Labute approximate surface area is 105 Å². The van der Waals surface area contributed by atoms with E-state index in [1.165, 1.54) is 0 Å². The zero-order valence-electron chi connectivity index (χ0n) is 9.74. The van der Waals surface area contributed by atoms with Gasteiger partial charge in [-0.3, -0.25) is 9.97 Å². The summed E-state index contributed by atoms with van der Waals surface area (Å²) in [7, 11) is 0. The lowest BCUT2D eigenvalue weighted by atomic mass is 10.0. The summed E-state index contributed by atoms with van der Waals surface area (Å²) in [6.07, 6.45) is 4.91. The van der Waals surface area contributed by atoms with Gasteiger partial charge in [0.1, 0.15) is 13.2 Å². The normalized spacial score (nSPS) is 15.2. The fourth-order valence-electron chi connectivity index (χ4n) is 1.97. The Balaban J connectivity index is 2.02. The van der Waals surface area contributed by atoms with E-state index < -0.39 is 0 Å². The quantitative estimate of drug-likeness (QED) is 0.860. The molecule has 1 aromatic heterocycles. The number of nitrogens with two attached hydrogens (primary N) is 1. The van der Waals surface area contributed by atoms with E-state index in [1.807, 2.05) is 18.2 Å². The van der Waals surface area contributed by atoms with Crippen molar-refractivity contribution in [3.05, 3.63) is 48.0 Å². The molecule has 5 heteroatoms. The van der Waals surface area contributed by atoms with E-state index in [2.05, 4.69) is 9.97 Å². The van der Waals surface area contributed by atoms with Crippen molar-refractivity contribution in [2.24, 2.45) is 5.73 Å². The maximum absolute atomic E-state index is 6.20. The Morgan fingerprint density at radius 2 is 2.06 bits per heavy atom. The predicted molar refractivity (Wildman–Crippen MR) is 65.5 cm³/mol. The molecule has 18 heavy (non-hydrogen) atoms. The third-order valence-electron chi connectivity index (χ3n) is 2.83. The standard InChI is InChI=1S/C13H13N3O2/c14-12(10-8-15-4-5-16-10)9-2-1-3-11-13(9)18-7-6-17-11/h1-5,8,12H,6-7,14H2. The van der Waals surface area contributed by atoms with Crippen LogP contribution >= 0.6 is 0 Å². The number of para-hydroxylation sites is 1. The van der Waals surface area contributed by atoms with Gasteiger partial charge in [0.25, 0.3) is 0 Å². The molecule has 1 atom stereocenters. The third-order valence-corrected chi connectivity index (χ3v) is 2.83. The van der Waals surface area contributed by atoms with Gasteiger partial charge < -0.3 is 15.2 Å². The Hall–Kier alpha value is -2.14. The highest BCUT2D eigenvalue weighted by molar-refractivity contribution is 5.50. The van der Waals surface area contributed by atoms with Crippen molar-refractivity contribution >= 4 is 0 Å². The minimum atomic E-state index is -0.365. The average Bonchev–Trinajstić information content (AvgIpc) is 2.47. The van der Waals surface area contributed by atoms with Gasteiger partial charge in [-0.25, -0.2) is 0 Å². The number of fused-ring (bicyclic) bond motifs is 1. The van der Waals surface area contributed by atoms with Crippen LogP contribution in [0.2, 0.25) is 0 Å². The Morgan fingerprint density at radius 3 is 2.89 bits per heavy atom. The van der Waals surface area contributed by atoms with Crippen molar-refractivity contribution in [2.45, 2.75) is 6.04 Å². The van der Waals surface area contributed by atoms with Crippen LogP contribution in [0.3, 0.4) is 0 Å². The molecule has 3 rings (SSSR count). The van der Waals surface area contributed by atoms with Crippen molar-refractivity contribution < 1.29 is 9.47 Å². The number of nitrogens with zero attached hydrogens (tertiary/aromatic N) is 2. The molecule has 0 radical (unpaired) electrons. The van der Waals surface area contributed by atoms with Crippen molar-refractivity contribution in [1.29, 1.82) is 0 Å². The summed E-state index contributed by atoms with van der Waals surface area (Å²) < 4.78 is 11.2. The summed E-state index contributed by atoms with van der Waals surface area (Å²) in [5, 5.41) is 0. The summed E-state index contributed by atoms with van der Waals surface area (Å²) in [5.41, 5.74) is 7.78. The van der Waals surface area contributed by atoms with E-state index in [4.69, 9.17) is 15.2 Å². The molecule has 0 amide bonds. The van der Waals surface area contributed by atoms with Crippen molar-refractivity contribution in [3.8, 4) is 11.5 Å². The number of ether oxygens (including phenoxy) is 2. The molecule has 0 saturated heterocycles. The van der Waals surface area contributed by atoms with Gasteiger partial charge in [0, 0.05) is 18.0 Å². The van der Waals surface area contributed by atoms with Gasteiger partial charge in [0.2, 0.25) is 0 Å². The van der Waals surface area contributed by atoms with E-state index in [0.717, 1.165) is 11.3 Å². The molecule has 1 aliphatic heterocycles. The van der Waals surface area contributed by atoms with E-state index in [1.54, 1.807) is 18.6 Å².